The predicted octanol–water partition coefficient (Wildman–Crippen LogP) is 9.46. The Morgan fingerprint density at radius 1 is 0.519 bits per heavy atom. The molecule has 4 aliphatic rings. The summed E-state index contributed by atoms with van der Waals surface area (Å²) in [7, 11) is -7.00. The molecular weight excluding hydrogens is 702 g/mol. The summed E-state index contributed by atoms with van der Waals surface area (Å²) < 4.78 is 57.9. The number of rotatable bonds is 15. The van der Waals surface area contributed by atoms with E-state index in [4.69, 9.17) is 27.8 Å². The van der Waals surface area contributed by atoms with Gasteiger partial charge in [-0.2, -0.15) is 10.1 Å². The molecule has 0 aromatic heterocycles. The summed E-state index contributed by atoms with van der Waals surface area (Å²) in [6, 6.07) is 0.0157. The number of nitrogens with zero attached hydrogens (tertiary/aromatic N) is 4. The van der Waals surface area contributed by atoms with Crippen LogP contribution in [0.4, 0.5) is 0 Å². The minimum absolute atomic E-state index is 0.00785. The summed E-state index contributed by atoms with van der Waals surface area (Å²) in [5.74, 6) is 0. The summed E-state index contributed by atoms with van der Waals surface area (Å²) in [5, 5.41) is 4.27. The fourth-order valence-electron chi connectivity index (χ4n) is 9.19. The summed E-state index contributed by atoms with van der Waals surface area (Å²) in [6.07, 6.45) is 6.69. The molecular formula is C38H76N4O8P2. The van der Waals surface area contributed by atoms with Crippen LogP contribution >= 0.6 is 15.5 Å². The summed E-state index contributed by atoms with van der Waals surface area (Å²) in [4.78, 5) is 12.3. The van der Waals surface area contributed by atoms with Crippen LogP contribution < -0.4 is 0 Å². The first kappa shape index (κ1) is 44.8. The molecule has 4 rings (SSSR count). The van der Waals surface area contributed by atoms with Gasteiger partial charge in [0.25, 0.3) is 0 Å². The molecule has 12 nitrogen and oxygen atoms in total. The Balaban J connectivity index is 1.46. The molecule has 306 valence electrons. The van der Waals surface area contributed by atoms with Gasteiger partial charge in [0.1, 0.15) is 0 Å². The van der Waals surface area contributed by atoms with Gasteiger partial charge in [-0.3, -0.25) is 27.8 Å². The van der Waals surface area contributed by atoms with Crippen LogP contribution in [0.15, 0.2) is 0 Å². The summed E-state index contributed by atoms with van der Waals surface area (Å²) in [6.45, 7) is 34.1. The summed E-state index contributed by atoms with van der Waals surface area (Å²) in [5.41, 5.74) is -1.44. The van der Waals surface area contributed by atoms with E-state index in [1.165, 1.54) is 0 Å². The SMILES string of the molecule is CCON1C(C)(C)CC(N(CCCCCCN(C2CC(C)(C)N(OCC)C(C)(C)C2)P2(=O)OCC(C)(C)CO2)P2(=O)OCC(C)(C)CO2)CC1(C)C. The molecule has 4 saturated heterocycles. The number of hydrogen-bond acceptors (Lipinski definition) is 10. The molecule has 14 heteroatoms. The second-order valence-electron chi connectivity index (χ2n) is 19.9. The van der Waals surface area contributed by atoms with E-state index >= 15 is 0 Å². The van der Waals surface area contributed by atoms with Crippen LogP contribution in [0.5, 0.6) is 0 Å². The van der Waals surface area contributed by atoms with E-state index in [2.05, 4.69) is 103 Å². The highest BCUT2D eigenvalue weighted by atomic mass is 31.2. The van der Waals surface area contributed by atoms with Crippen LogP contribution in [0.25, 0.3) is 0 Å². The van der Waals surface area contributed by atoms with Crippen LogP contribution in [0, 0.1) is 10.8 Å². The second kappa shape index (κ2) is 16.5. The zero-order chi connectivity index (χ0) is 39.0. The lowest BCUT2D eigenvalue weighted by atomic mass is 9.79. The topological polar surface area (TPSA) is 102 Å². The van der Waals surface area contributed by atoms with E-state index < -0.39 is 15.5 Å². The fourth-order valence-corrected chi connectivity index (χ4v) is 13.9. The first-order valence-electron chi connectivity index (χ1n) is 20.0. The zero-order valence-electron chi connectivity index (χ0n) is 35.4. The maximum absolute atomic E-state index is 14.5. The van der Waals surface area contributed by atoms with Gasteiger partial charge in [-0.15, -0.1) is 0 Å². The van der Waals surface area contributed by atoms with Crippen molar-refractivity contribution in [1.82, 2.24) is 19.5 Å². The van der Waals surface area contributed by atoms with E-state index in [0.29, 0.717) is 52.7 Å². The van der Waals surface area contributed by atoms with Gasteiger partial charge in [0.15, 0.2) is 0 Å². The lowest BCUT2D eigenvalue weighted by Gasteiger charge is -2.56. The van der Waals surface area contributed by atoms with E-state index in [9.17, 15) is 9.13 Å². The van der Waals surface area contributed by atoms with Gasteiger partial charge in [0.05, 0.1) is 39.6 Å². The van der Waals surface area contributed by atoms with Crippen LogP contribution in [-0.2, 0) is 36.9 Å². The highest BCUT2D eigenvalue weighted by Gasteiger charge is 2.54. The van der Waals surface area contributed by atoms with Crippen molar-refractivity contribution in [2.24, 2.45) is 10.8 Å². The molecule has 0 amide bonds. The molecule has 0 N–H and O–H groups in total. The highest BCUT2D eigenvalue weighted by molar-refractivity contribution is 7.51. The molecule has 0 radical (unpaired) electrons. The van der Waals surface area contributed by atoms with Crippen molar-refractivity contribution in [2.45, 2.75) is 183 Å². The van der Waals surface area contributed by atoms with Gasteiger partial charge in [-0.25, -0.2) is 18.5 Å². The molecule has 0 aliphatic carbocycles. The summed E-state index contributed by atoms with van der Waals surface area (Å²) >= 11 is 0. The molecule has 0 atom stereocenters. The molecule has 0 aromatic carbocycles. The monoisotopic (exact) mass is 779 g/mol. The normalized spacial score (nSPS) is 28.7. The van der Waals surface area contributed by atoms with Gasteiger partial charge in [-0.1, -0.05) is 40.5 Å². The lowest BCUT2D eigenvalue weighted by molar-refractivity contribution is -0.284. The number of hydrogen-bond donors (Lipinski definition) is 0. The largest absolute Gasteiger partial charge is 0.408 e. The Kier molecular flexibility index (Phi) is 14.2. The van der Waals surface area contributed by atoms with Crippen molar-refractivity contribution >= 4 is 15.5 Å². The minimum atomic E-state index is -3.50. The smallest absolute Gasteiger partial charge is 0.298 e. The third-order valence-electron chi connectivity index (χ3n) is 11.1. The van der Waals surface area contributed by atoms with Crippen LogP contribution in [0.3, 0.4) is 0 Å². The molecule has 4 heterocycles. The molecule has 52 heavy (non-hydrogen) atoms. The molecule has 0 saturated carbocycles. The first-order chi connectivity index (χ1) is 23.8. The van der Waals surface area contributed by atoms with Crippen LogP contribution in [0.2, 0.25) is 0 Å². The van der Waals surface area contributed by atoms with Crippen LogP contribution in [0.1, 0.15) is 148 Å². The standard InChI is InChI=1S/C38H76N4O8P2/c1-15-45-41-35(7,8)23-31(24-36(41,9)10)39(51(43)47-27-33(3,4)28-48-51)21-19-17-18-20-22-40(52(44)49-29-34(5,6)30-50-52)32-25-37(11,12)42(46-16-2)38(13,14)26-32/h31-32H,15-30H2,1-14H3. The van der Waals surface area contributed by atoms with Crippen LogP contribution in [-0.4, -0.2) is 106 Å². The molecule has 0 spiro atoms. The van der Waals surface area contributed by atoms with Crippen molar-refractivity contribution in [1.29, 1.82) is 0 Å². The third-order valence-corrected chi connectivity index (χ3v) is 15.3. The maximum Gasteiger partial charge on any atom is 0.408 e. The van der Waals surface area contributed by atoms with E-state index in [-0.39, 0.29) is 45.1 Å². The number of hydroxylamine groups is 4. The zero-order valence-corrected chi connectivity index (χ0v) is 37.2. The Labute approximate surface area is 317 Å². The van der Waals surface area contributed by atoms with Gasteiger partial charge in [-0.05, 0) is 108 Å². The number of piperidine rings is 2. The Bertz CT molecular complexity index is 1130. The quantitative estimate of drug-likeness (QED) is 0.117. The van der Waals surface area contributed by atoms with Gasteiger partial charge >= 0.3 is 15.5 Å². The molecule has 0 bridgehead atoms. The minimum Gasteiger partial charge on any atom is -0.298 e. The van der Waals surface area contributed by atoms with Crippen molar-refractivity contribution in [2.75, 3.05) is 52.7 Å². The van der Waals surface area contributed by atoms with Crippen molar-refractivity contribution < 1.29 is 36.9 Å². The maximum atomic E-state index is 14.5. The Morgan fingerprint density at radius 3 is 1.04 bits per heavy atom. The van der Waals surface area contributed by atoms with E-state index in [1.54, 1.807) is 0 Å². The Morgan fingerprint density at radius 2 is 0.788 bits per heavy atom. The van der Waals surface area contributed by atoms with Crippen molar-refractivity contribution in [3.05, 3.63) is 0 Å². The van der Waals surface area contributed by atoms with Gasteiger partial charge in [0, 0.05) is 58.2 Å². The second-order valence-corrected chi connectivity index (χ2v) is 23.8. The molecule has 4 aliphatic heterocycles. The molecule has 0 unspecified atom stereocenters. The fraction of sp³-hybridized carbons (Fsp3) is 1.00. The average molecular weight is 779 g/mol. The molecule has 4 fully saturated rings. The highest BCUT2D eigenvalue weighted by Crippen LogP contribution is 2.61. The number of unbranched alkanes of at least 4 members (excludes halogenated alkanes) is 3. The average Bonchev–Trinajstić information content (AvgIpc) is 3.00. The van der Waals surface area contributed by atoms with Gasteiger partial charge < -0.3 is 0 Å². The van der Waals surface area contributed by atoms with Crippen molar-refractivity contribution in [3.63, 3.8) is 0 Å². The van der Waals surface area contributed by atoms with Gasteiger partial charge in [0.2, 0.25) is 0 Å². The first-order valence-corrected chi connectivity index (χ1v) is 23.0. The van der Waals surface area contributed by atoms with E-state index in [1.807, 2.05) is 13.8 Å². The lowest BCUT2D eigenvalue weighted by Crippen LogP contribution is -2.63. The predicted molar refractivity (Wildman–Crippen MR) is 208 cm³/mol. The third kappa shape index (κ3) is 10.5. The Hall–Kier alpha value is 0.0600. The van der Waals surface area contributed by atoms with Crippen molar-refractivity contribution in [3.8, 4) is 0 Å². The van der Waals surface area contributed by atoms with E-state index in [0.717, 1.165) is 51.4 Å². The molecule has 0 aromatic rings.